The van der Waals surface area contributed by atoms with Gasteiger partial charge in [0.1, 0.15) is 0 Å². The van der Waals surface area contributed by atoms with E-state index in [1.165, 1.54) is 47.0 Å². The van der Waals surface area contributed by atoms with E-state index in [2.05, 4.69) is 42.5 Å². The fraction of sp³-hybridized carbons (Fsp3) is 0.200. The summed E-state index contributed by atoms with van der Waals surface area (Å²) in [6.45, 7) is 0. The number of fused-ring (bicyclic) bond motifs is 1. The Morgan fingerprint density at radius 2 is 1.65 bits per heavy atom. The van der Waals surface area contributed by atoms with Gasteiger partial charge >= 0.3 is 0 Å². The average Bonchev–Trinajstić information content (AvgIpc) is 2.88. The minimum Gasteiger partial charge on any atom is -0.0946 e. The third kappa shape index (κ3) is 1.82. The van der Waals surface area contributed by atoms with Crippen LogP contribution in [0.15, 0.2) is 42.5 Å². The zero-order chi connectivity index (χ0) is 11.7. The van der Waals surface area contributed by atoms with Gasteiger partial charge in [-0.15, -0.1) is 0 Å². The molecule has 0 atom stereocenters. The maximum Gasteiger partial charge on any atom is 0.0960 e. The van der Waals surface area contributed by atoms with Gasteiger partial charge in [-0.3, -0.25) is 0 Å². The van der Waals surface area contributed by atoms with Crippen LogP contribution in [0.4, 0.5) is 0 Å². The van der Waals surface area contributed by atoms with Gasteiger partial charge in [0, 0.05) is 7.74 Å². The molecule has 0 amide bonds. The van der Waals surface area contributed by atoms with Crippen LogP contribution in [0.25, 0.3) is 11.1 Å². The quantitative estimate of drug-likeness (QED) is 0.673. The summed E-state index contributed by atoms with van der Waals surface area (Å²) in [6, 6.07) is 15.0. The zero-order valence-corrected chi connectivity index (χ0v) is 9.82. The summed E-state index contributed by atoms with van der Waals surface area (Å²) in [5.41, 5.74) is 6.85. The van der Waals surface area contributed by atoms with Crippen LogP contribution in [0.3, 0.4) is 0 Å². The first-order valence-electron chi connectivity index (χ1n) is 6.15. The summed E-state index contributed by atoms with van der Waals surface area (Å²) in [4.78, 5) is 0. The van der Waals surface area contributed by atoms with Crippen LogP contribution < -0.4 is 5.46 Å². The molecule has 0 saturated carbocycles. The lowest BCUT2D eigenvalue weighted by molar-refractivity contribution is 0.913. The van der Waals surface area contributed by atoms with Gasteiger partial charge in [0.2, 0.25) is 0 Å². The standard InChI is InChI=1S/C15H13B2/c16-17-15-10-9-12(11-5-2-1-3-6-11)13-7-4-8-14(13)15/h1-3,5-6,9-10H,4,7-8H2. The van der Waals surface area contributed by atoms with E-state index in [0.29, 0.717) is 0 Å². The predicted octanol–water partition coefficient (Wildman–Crippen LogP) is 2.26. The summed E-state index contributed by atoms with van der Waals surface area (Å²) >= 11 is 0. The molecule has 0 aliphatic heterocycles. The maximum absolute atomic E-state index is 5.69. The highest BCUT2D eigenvalue weighted by Gasteiger charge is 2.17. The van der Waals surface area contributed by atoms with E-state index in [4.69, 9.17) is 7.74 Å². The van der Waals surface area contributed by atoms with Gasteiger partial charge in [-0.05, 0) is 36.0 Å². The van der Waals surface area contributed by atoms with Crippen LogP contribution >= 0.6 is 0 Å². The second-order valence-corrected chi connectivity index (χ2v) is 4.55. The molecule has 17 heavy (non-hydrogen) atoms. The first-order valence-corrected chi connectivity index (χ1v) is 6.15. The highest BCUT2D eigenvalue weighted by molar-refractivity contribution is 6.97. The van der Waals surface area contributed by atoms with E-state index in [1.54, 1.807) is 7.17 Å². The highest BCUT2D eigenvalue weighted by Crippen LogP contribution is 2.31. The molecule has 0 bridgehead atoms. The molecule has 3 rings (SSSR count). The van der Waals surface area contributed by atoms with E-state index < -0.39 is 0 Å². The molecular weight excluding hydrogens is 202 g/mol. The van der Waals surface area contributed by atoms with E-state index in [1.807, 2.05) is 0 Å². The summed E-state index contributed by atoms with van der Waals surface area (Å²) in [5.74, 6) is 0. The van der Waals surface area contributed by atoms with Crippen molar-refractivity contribution in [2.24, 2.45) is 0 Å². The average molecular weight is 215 g/mol. The molecule has 2 aromatic carbocycles. The normalized spacial score (nSPS) is 13.4. The molecule has 0 heterocycles. The Balaban J connectivity index is 2.17. The van der Waals surface area contributed by atoms with Crippen molar-refractivity contribution in [3.63, 3.8) is 0 Å². The molecule has 0 saturated heterocycles. The van der Waals surface area contributed by atoms with Crippen LogP contribution in [0.1, 0.15) is 17.5 Å². The van der Waals surface area contributed by atoms with Gasteiger partial charge in [0.15, 0.2) is 0 Å². The van der Waals surface area contributed by atoms with Gasteiger partial charge in [-0.25, -0.2) is 0 Å². The Kier molecular flexibility index (Phi) is 2.80. The zero-order valence-electron chi connectivity index (χ0n) is 9.82. The molecule has 2 aromatic rings. The molecule has 1 aliphatic carbocycles. The molecule has 0 nitrogen and oxygen atoms in total. The minimum absolute atomic E-state index is 1.17. The van der Waals surface area contributed by atoms with Crippen LogP contribution in [-0.2, 0) is 12.8 Å². The van der Waals surface area contributed by atoms with Crippen LogP contribution in [0, 0.1) is 0 Å². The largest absolute Gasteiger partial charge is 0.0960 e. The number of benzene rings is 2. The van der Waals surface area contributed by atoms with Crippen molar-refractivity contribution in [1.29, 1.82) is 0 Å². The van der Waals surface area contributed by atoms with Gasteiger partial charge < -0.3 is 0 Å². The fourth-order valence-electron chi connectivity index (χ4n) is 2.78. The lowest BCUT2D eigenvalue weighted by atomic mass is 9.50. The van der Waals surface area contributed by atoms with Gasteiger partial charge in [0.05, 0.1) is 7.17 Å². The molecule has 0 N–H and O–H groups in total. The van der Waals surface area contributed by atoms with E-state index in [9.17, 15) is 0 Å². The fourth-order valence-corrected chi connectivity index (χ4v) is 2.78. The Morgan fingerprint density at radius 1 is 0.882 bits per heavy atom. The number of hydrogen-bond acceptors (Lipinski definition) is 0. The molecular formula is C15H13B2. The van der Waals surface area contributed by atoms with Gasteiger partial charge in [-0.1, -0.05) is 53.5 Å². The topological polar surface area (TPSA) is 0 Å². The Hall–Kier alpha value is -1.43. The monoisotopic (exact) mass is 215 g/mol. The SMILES string of the molecule is [B][B]c1ccc(-c2ccccc2)c2c1CCC2. The predicted molar refractivity (Wildman–Crippen MR) is 75.0 cm³/mol. The number of rotatable bonds is 2. The van der Waals surface area contributed by atoms with Crippen molar-refractivity contribution >= 4 is 20.4 Å². The van der Waals surface area contributed by atoms with Gasteiger partial charge in [-0.2, -0.15) is 0 Å². The summed E-state index contributed by atoms with van der Waals surface area (Å²) in [6.07, 6.45) is 3.60. The van der Waals surface area contributed by atoms with Crippen LogP contribution in [0.5, 0.6) is 0 Å². The Bertz CT molecular complexity index is 532. The van der Waals surface area contributed by atoms with Crippen molar-refractivity contribution in [3.05, 3.63) is 53.6 Å². The Morgan fingerprint density at radius 3 is 2.41 bits per heavy atom. The molecule has 1 aliphatic rings. The first kappa shape index (κ1) is 10.7. The molecule has 3 radical (unpaired) electrons. The molecule has 0 fully saturated rings. The van der Waals surface area contributed by atoms with E-state index in [0.717, 1.165) is 0 Å². The second-order valence-electron chi connectivity index (χ2n) is 4.55. The van der Waals surface area contributed by atoms with Crippen LogP contribution in [-0.4, -0.2) is 14.9 Å². The molecule has 0 aromatic heterocycles. The van der Waals surface area contributed by atoms with Crippen molar-refractivity contribution in [1.82, 2.24) is 0 Å². The van der Waals surface area contributed by atoms with Crippen molar-refractivity contribution < 1.29 is 0 Å². The Labute approximate surface area is 105 Å². The minimum atomic E-state index is 1.17. The lowest BCUT2D eigenvalue weighted by Gasteiger charge is -2.12. The summed E-state index contributed by atoms with van der Waals surface area (Å²) in [5, 5.41) is 0. The van der Waals surface area contributed by atoms with Crippen LogP contribution in [0.2, 0.25) is 0 Å². The second kappa shape index (κ2) is 4.44. The highest BCUT2D eigenvalue weighted by atomic mass is 14.2. The lowest BCUT2D eigenvalue weighted by Crippen LogP contribution is -2.19. The van der Waals surface area contributed by atoms with Gasteiger partial charge in [0.25, 0.3) is 0 Å². The van der Waals surface area contributed by atoms with E-state index in [-0.39, 0.29) is 0 Å². The first-order chi connectivity index (χ1) is 8.40. The smallest absolute Gasteiger partial charge is 0.0946 e. The van der Waals surface area contributed by atoms with E-state index >= 15 is 0 Å². The van der Waals surface area contributed by atoms with Crippen molar-refractivity contribution in [2.75, 3.05) is 0 Å². The molecule has 0 unspecified atom stereocenters. The maximum atomic E-state index is 5.69. The third-order valence-electron chi connectivity index (χ3n) is 3.59. The molecule has 2 heteroatoms. The summed E-state index contributed by atoms with van der Waals surface area (Å²) in [7, 11) is 7.42. The summed E-state index contributed by atoms with van der Waals surface area (Å²) < 4.78 is 0. The number of hydrogen-bond donors (Lipinski definition) is 0. The third-order valence-corrected chi connectivity index (χ3v) is 3.59. The van der Waals surface area contributed by atoms with Crippen molar-refractivity contribution in [2.45, 2.75) is 19.3 Å². The molecule has 79 valence electrons. The van der Waals surface area contributed by atoms with Crippen molar-refractivity contribution in [3.8, 4) is 11.1 Å². The molecule has 0 spiro atoms.